The van der Waals surface area contributed by atoms with E-state index in [2.05, 4.69) is 25.1 Å². The molecule has 0 atom stereocenters. The molecule has 2 aromatic rings. The van der Waals surface area contributed by atoms with Crippen LogP contribution in [0, 0.1) is 5.82 Å². The molecular weight excluding hydrogens is 232 g/mol. The van der Waals surface area contributed by atoms with Gasteiger partial charge in [0.15, 0.2) is 27.8 Å². The van der Waals surface area contributed by atoms with E-state index in [-0.39, 0.29) is 22.0 Å². The largest absolute Gasteiger partial charge is 0.257 e. The summed E-state index contributed by atoms with van der Waals surface area (Å²) >= 11 is 10.9. The van der Waals surface area contributed by atoms with E-state index in [0.717, 1.165) is 0 Å². The minimum absolute atomic E-state index is 0.0962. The molecule has 0 saturated heterocycles. The van der Waals surface area contributed by atoms with Gasteiger partial charge in [-0.3, -0.25) is 5.10 Å². The van der Waals surface area contributed by atoms with E-state index in [1.807, 2.05) is 0 Å². The van der Waals surface area contributed by atoms with Crippen molar-refractivity contribution in [2.45, 2.75) is 0 Å². The standard InChI is InChI=1S/C6H2Cl2FN5/c7-3-2(9)4(8)13-6(12-3)5-10-1-11-14-5/h1H,(H,10,11,14). The van der Waals surface area contributed by atoms with Gasteiger partial charge in [-0.05, 0) is 0 Å². The summed E-state index contributed by atoms with van der Waals surface area (Å²) in [4.78, 5) is 11.0. The Morgan fingerprint density at radius 2 is 1.86 bits per heavy atom. The third kappa shape index (κ3) is 1.53. The number of halogens is 3. The zero-order valence-corrected chi connectivity index (χ0v) is 8.01. The minimum Gasteiger partial charge on any atom is -0.257 e. The van der Waals surface area contributed by atoms with E-state index >= 15 is 0 Å². The molecule has 0 spiro atoms. The molecule has 0 aliphatic heterocycles. The highest BCUT2D eigenvalue weighted by atomic mass is 35.5. The van der Waals surface area contributed by atoms with Gasteiger partial charge in [0.1, 0.15) is 6.33 Å². The number of H-pyrrole nitrogens is 1. The second-order valence-corrected chi connectivity index (χ2v) is 2.99. The summed E-state index contributed by atoms with van der Waals surface area (Å²) in [5, 5.41) is 5.38. The van der Waals surface area contributed by atoms with Crippen molar-refractivity contribution in [1.82, 2.24) is 25.1 Å². The summed E-state index contributed by atoms with van der Waals surface area (Å²) in [6.45, 7) is 0. The van der Waals surface area contributed by atoms with Crippen LogP contribution in [0.3, 0.4) is 0 Å². The number of hydrogen-bond acceptors (Lipinski definition) is 4. The van der Waals surface area contributed by atoms with Crippen LogP contribution in [-0.2, 0) is 0 Å². The SMILES string of the molecule is Fc1c(Cl)nc(-c2ncn[nH]2)nc1Cl. The molecule has 2 rings (SSSR count). The molecule has 0 aromatic carbocycles. The number of nitrogens with zero attached hydrogens (tertiary/aromatic N) is 4. The predicted octanol–water partition coefficient (Wildman–Crippen LogP) is 1.71. The van der Waals surface area contributed by atoms with Gasteiger partial charge in [-0.25, -0.2) is 19.3 Å². The van der Waals surface area contributed by atoms with Gasteiger partial charge in [0, 0.05) is 0 Å². The molecule has 0 bridgehead atoms. The maximum atomic E-state index is 12.9. The molecule has 2 heterocycles. The Labute approximate surface area is 87.3 Å². The van der Waals surface area contributed by atoms with E-state index in [1.54, 1.807) is 0 Å². The van der Waals surface area contributed by atoms with Crippen molar-refractivity contribution in [2.24, 2.45) is 0 Å². The van der Waals surface area contributed by atoms with Crippen molar-refractivity contribution in [2.75, 3.05) is 0 Å². The quantitative estimate of drug-likeness (QED) is 0.762. The van der Waals surface area contributed by atoms with Gasteiger partial charge in [0.25, 0.3) is 0 Å². The Kier molecular flexibility index (Phi) is 2.30. The Bertz CT molecular complexity index is 434. The van der Waals surface area contributed by atoms with E-state index < -0.39 is 5.82 Å². The van der Waals surface area contributed by atoms with Crippen LogP contribution in [0.2, 0.25) is 10.3 Å². The second-order valence-electron chi connectivity index (χ2n) is 2.28. The lowest BCUT2D eigenvalue weighted by atomic mass is 10.5. The molecule has 5 nitrogen and oxygen atoms in total. The van der Waals surface area contributed by atoms with Gasteiger partial charge in [0.2, 0.25) is 0 Å². The summed E-state index contributed by atoms with van der Waals surface area (Å²) in [5.41, 5.74) is 0. The lowest BCUT2D eigenvalue weighted by Crippen LogP contribution is -1.95. The lowest BCUT2D eigenvalue weighted by Gasteiger charge is -1.98. The Morgan fingerprint density at radius 3 is 2.36 bits per heavy atom. The first-order valence-electron chi connectivity index (χ1n) is 3.42. The van der Waals surface area contributed by atoms with E-state index in [9.17, 15) is 4.39 Å². The first kappa shape index (κ1) is 9.29. The van der Waals surface area contributed by atoms with Crippen LogP contribution in [0.1, 0.15) is 0 Å². The molecule has 0 fully saturated rings. The summed E-state index contributed by atoms with van der Waals surface area (Å²) in [5.74, 6) is -0.482. The first-order valence-corrected chi connectivity index (χ1v) is 4.18. The number of aromatic nitrogens is 5. The van der Waals surface area contributed by atoms with E-state index in [1.165, 1.54) is 6.33 Å². The number of nitrogens with one attached hydrogen (secondary N) is 1. The molecule has 0 aliphatic carbocycles. The zero-order chi connectivity index (χ0) is 10.1. The van der Waals surface area contributed by atoms with Gasteiger partial charge in [-0.15, -0.1) is 0 Å². The smallest absolute Gasteiger partial charge is 0.200 e. The minimum atomic E-state index is -0.850. The van der Waals surface area contributed by atoms with Crippen molar-refractivity contribution in [3.63, 3.8) is 0 Å². The summed E-state index contributed by atoms with van der Waals surface area (Å²) < 4.78 is 12.9. The molecule has 72 valence electrons. The van der Waals surface area contributed by atoms with Crippen molar-refractivity contribution >= 4 is 23.2 Å². The highest BCUT2D eigenvalue weighted by molar-refractivity contribution is 6.33. The molecule has 14 heavy (non-hydrogen) atoms. The fourth-order valence-electron chi connectivity index (χ4n) is 0.813. The van der Waals surface area contributed by atoms with Gasteiger partial charge < -0.3 is 0 Å². The Hall–Kier alpha value is -1.27. The lowest BCUT2D eigenvalue weighted by molar-refractivity contribution is 0.615. The normalized spacial score (nSPS) is 10.5. The maximum absolute atomic E-state index is 12.9. The van der Waals surface area contributed by atoms with E-state index in [0.29, 0.717) is 0 Å². The molecule has 0 saturated carbocycles. The maximum Gasteiger partial charge on any atom is 0.200 e. The van der Waals surface area contributed by atoms with Gasteiger partial charge in [0.05, 0.1) is 0 Å². The number of aromatic amines is 1. The molecular formula is C6H2Cl2FN5. The highest BCUT2D eigenvalue weighted by Gasteiger charge is 2.13. The summed E-state index contributed by atoms with van der Waals surface area (Å²) in [6, 6.07) is 0. The molecule has 0 radical (unpaired) electrons. The average molecular weight is 234 g/mol. The van der Waals surface area contributed by atoms with Crippen LogP contribution in [0.4, 0.5) is 4.39 Å². The van der Waals surface area contributed by atoms with Crippen molar-refractivity contribution < 1.29 is 4.39 Å². The van der Waals surface area contributed by atoms with Crippen LogP contribution >= 0.6 is 23.2 Å². The third-order valence-corrected chi connectivity index (χ3v) is 1.90. The molecule has 0 amide bonds. The van der Waals surface area contributed by atoms with Crippen LogP contribution < -0.4 is 0 Å². The van der Waals surface area contributed by atoms with Gasteiger partial charge in [-0.1, -0.05) is 23.2 Å². The van der Waals surface area contributed by atoms with Crippen molar-refractivity contribution in [3.8, 4) is 11.6 Å². The third-order valence-electron chi connectivity index (χ3n) is 1.40. The van der Waals surface area contributed by atoms with Crippen LogP contribution in [0.25, 0.3) is 11.6 Å². The van der Waals surface area contributed by atoms with Crippen molar-refractivity contribution in [3.05, 3.63) is 22.5 Å². The Morgan fingerprint density at radius 1 is 1.21 bits per heavy atom. The monoisotopic (exact) mass is 233 g/mol. The number of rotatable bonds is 1. The van der Waals surface area contributed by atoms with Crippen molar-refractivity contribution in [1.29, 1.82) is 0 Å². The number of hydrogen-bond donors (Lipinski definition) is 1. The molecule has 2 aromatic heterocycles. The van der Waals surface area contributed by atoms with Gasteiger partial charge in [-0.2, -0.15) is 5.10 Å². The highest BCUT2D eigenvalue weighted by Crippen LogP contribution is 2.21. The molecule has 0 unspecified atom stereocenters. The second kappa shape index (κ2) is 3.47. The first-order chi connectivity index (χ1) is 6.68. The Balaban J connectivity index is 2.57. The molecule has 8 heteroatoms. The fourth-order valence-corrected chi connectivity index (χ4v) is 1.20. The molecule has 1 N–H and O–H groups in total. The fraction of sp³-hybridized carbons (Fsp3) is 0. The summed E-state index contributed by atoms with van der Waals surface area (Å²) in [7, 11) is 0. The summed E-state index contributed by atoms with van der Waals surface area (Å²) in [6.07, 6.45) is 1.27. The topological polar surface area (TPSA) is 67.3 Å². The van der Waals surface area contributed by atoms with E-state index in [4.69, 9.17) is 23.2 Å². The van der Waals surface area contributed by atoms with Crippen LogP contribution in [0.15, 0.2) is 6.33 Å². The predicted molar refractivity (Wildman–Crippen MR) is 47.4 cm³/mol. The van der Waals surface area contributed by atoms with Crippen LogP contribution in [-0.4, -0.2) is 25.1 Å². The average Bonchev–Trinajstić information content (AvgIpc) is 2.66. The van der Waals surface area contributed by atoms with Crippen LogP contribution in [0.5, 0.6) is 0 Å². The zero-order valence-electron chi connectivity index (χ0n) is 6.50. The molecule has 0 aliphatic rings. The van der Waals surface area contributed by atoms with Gasteiger partial charge >= 0.3 is 0 Å².